The summed E-state index contributed by atoms with van der Waals surface area (Å²) in [5, 5.41) is 0. The minimum absolute atomic E-state index is 0.0997. The Bertz CT molecular complexity index is 429. The molecule has 2 rings (SSSR count). The molecule has 0 spiro atoms. The molecular weight excluding hydrogens is 243 g/mol. The Labute approximate surface area is 104 Å². The highest BCUT2D eigenvalue weighted by atomic mass is 19.2. The highest BCUT2D eigenvalue weighted by Gasteiger charge is 2.23. The van der Waals surface area contributed by atoms with Gasteiger partial charge in [0.15, 0.2) is 17.5 Å². The Morgan fingerprint density at radius 1 is 1.06 bits per heavy atom. The van der Waals surface area contributed by atoms with E-state index in [2.05, 4.69) is 23.7 Å². The third-order valence-corrected chi connectivity index (χ3v) is 3.21. The number of halogens is 3. The van der Waals surface area contributed by atoms with Crippen LogP contribution in [0.3, 0.4) is 0 Å². The maximum Gasteiger partial charge on any atom is 0.251 e. The standard InChI is InChI=1S/C12H16F3N3/c1-8(2)17-3-5-18(6-4-17)12-10(14)7-9(13)11(15)16-12/h7-8H,3-6H2,1-2H3. The van der Waals surface area contributed by atoms with Crippen molar-refractivity contribution in [2.45, 2.75) is 19.9 Å². The fourth-order valence-corrected chi connectivity index (χ4v) is 2.11. The van der Waals surface area contributed by atoms with Gasteiger partial charge < -0.3 is 4.90 Å². The van der Waals surface area contributed by atoms with Crippen molar-refractivity contribution in [3.05, 3.63) is 23.6 Å². The second-order valence-corrected chi connectivity index (χ2v) is 4.68. The number of nitrogens with zero attached hydrogens (tertiary/aromatic N) is 3. The predicted molar refractivity (Wildman–Crippen MR) is 63.0 cm³/mol. The van der Waals surface area contributed by atoms with Crippen LogP contribution in [0.15, 0.2) is 6.07 Å². The van der Waals surface area contributed by atoms with E-state index in [9.17, 15) is 13.2 Å². The Hall–Kier alpha value is -1.30. The average molecular weight is 259 g/mol. The molecular formula is C12H16F3N3. The van der Waals surface area contributed by atoms with E-state index in [4.69, 9.17) is 0 Å². The normalized spacial score (nSPS) is 17.6. The van der Waals surface area contributed by atoms with Gasteiger partial charge in [-0.2, -0.15) is 9.37 Å². The maximum atomic E-state index is 13.5. The molecule has 0 N–H and O–H groups in total. The van der Waals surface area contributed by atoms with Crippen molar-refractivity contribution in [3.63, 3.8) is 0 Å². The number of pyridine rings is 1. The van der Waals surface area contributed by atoms with Crippen molar-refractivity contribution >= 4 is 5.82 Å². The van der Waals surface area contributed by atoms with Crippen LogP contribution >= 0.6 is 0 Å². The summed E-state index contributed by atoms with van der Waals surface area (Å²) in [5.74, 6) is -3.42. The van der Waals surface area contributed by atoms with Gasteiger partial charge >= 0.3 is 0 Å². The summed E-state index contributed by atoms with van der Waals surface area (Å²) in [5.41, 5.74) is 0. The SMILES string of the molecule is CC(C)N1CCN(c2nc(F)c(F)cc2F)CC1. The van der Waals surface area contributed by atoms with Crippen LogP contribution in [0.1, 0.15) is 13.8 Å². The van der Waals surface area contributed by atoms with E-state index in [1.807, 2.05) is 0 Å². The highest BCUT2D eigenvalue weighted by molar-refractivity contribution is 5.40. The first kappa shape index (κ1) is 13.1. The van der Waals surface area contributed by atoms with E-state index in [1.54, 1.807) is 4.90 Å². The first-order valence-corrected chi connectivity index (χ1v) is 5.99. The average Bonchev–Trinajstić information content (AvgIpc) is 2.34. The summed E-state index contributed by atoms with van der Waals surface area (Å²) in [4.78, 5) is 7.25. The summed E-state index contributed by atoms with van der Waals surface area (Å²) in [6, 6.07) is 0.974. The summed E-state index contributed by atoms with van der Waals surface area (Å²) in [7, 11) is 0. The fraction of sp³-hybridized carbons (Fsp3) is 0.583. The summed E-state index contributed by atoms with van der Waals surface area (Å²) >= 11 is 0. The molecule has 100 valence electrons. The molecule has 3 nitrogen and oxygen atoms in total. The third-order valence-electron chi connectivity index (χ3n) is 3.21. The Morgan fingerprint density at radius 2 is 1.67 bits per heavy atom. The van der Waals surface area contributed by atoms with Crippen LogP contribution in [-0.2, 0) is 0 Å². The predicted octanol–water partition coefficient (Wildman–Crippen LogP) is 2.03. The number of aromatic nitrogens is 1. The Balaban J connectivity index is 2.12. The number of hydrogen-bond donors (Lipinski definition) is 0. The van der Waals surface area contributed by atoms with Crippen molar-refractivity contribution in [1.82, 2.24) is 9.88 Å². The molecule has 0 bridgehead atoms. The molecule has 2 heterocycles. The number of hydrogen-bond acceptors (Lipinski definition) is 3. The second-order valence-electron chi connectivity index (χ2n) is 4.68. The number of rotatable bonds is 2. The first-order valence-electron chi connectivity index (χ1n) is 5.99. The molecule has 1 aromatic heterocycles. The lowest BCUT2D eigenvalue weighted by atomic mass is 10.2. The second kappa shape index (κ2) is 5.14. The van der Waals surface area contributed by atoms with Gasteiger partial charge in [0, 0.05) is 38.3 Å². The lowest BCUT2D eigenvalue weighted by molar-refractivity contribution is 0.208. The molecule has 1 aromatic rings. The van der Waals surface area contributed by atoms with Gasteiger partial charge in [0.1, 0.15) is 0 Å². The van der Waals surface area contributed by atoms with Crippen LogP contribution in [0.4, 0.5) is 19.0 Å². The van der Waals surface area contributed by atoms with Gasteiger partial charge in [-0.25, -0.2) is 8.78 Å². The molecule has 1 fully saturated rings. The van der Waals surface area contributed by atoms with Gasteiger partial charge in [0.2, 0.25) is 0 Å². The molecule has 1 saturated heterocycles. The Morgan fingerprint density at radius 3 is 2.22 bits per heavy atom. The molecule has 0 saturated carbocycles. The van der Waals surface area contributed by atoms with Crippen molar-refractivity contribution in [3.8, 4) is 0 Å². The molecule has 18 heavy (non-hydrogen) atoms. The quantitative estimate of drug-likeness (QED) is 0.758. The molecule has 1 aliphatic rings. The van der Waals surface area contributed by atoms with Crippen molar-refractivity contribution in [2.24, 2.45) is 0 Å². The molecule has 0 atom stereocenters. The minimum atomic E-state index is -1.25. The lowest BCUT2D eigenvalue weighted by Gasteiger charge is -2.37. The summed E-state index contributed by atoms with van der Waals surface area (Å²) < 4.78 is 39.4. The van der Waals surface area contributed by atoms with Crippen LogP contribution in [0, 0.1) is 17.6 Å². The zero-order chi connectivity index (χ0) is 13.3. The molecule has 6 heteroatoms. The lowest BCUT2D eigenvalue weighted by Crippen LogP contribution is -2.49. The van der Waals surface area contributed by atoms with Gasteiger partial charge in [0.05, 0.1) is 0 Å². The largest absolute Gasteiger partial charge is 0.352 e. The Kier molecular flexibility index (Phi) is 3.75. The molecule has 0 aliphatic carbocycles. The first-order chi connectivity index (χ1) is 8.49. The van der Waals surface area contributed by atoms with E-state index in [0.717, 1.165) is 13.1 Å². The van der Waals surface area contributed by atoms with Crippen molar-refractivity contribution in [2.75, 3.05) is 31.1 Å². The molecule has 0 radical (unpaired) electrons. The fourth-order valence-electron chi connectivity index (χ4n) is 2.11. The van der Waals surface area contributed by atoms with Gasteiger partial charge in [0.25, 0.3) is 5.95 Å². The van der Waals surface area contributed by atoms with Crippen LogP contribution < -0.4 is 4.90 Å². The van der Waals surface area contributed by atoms with Crippen LogP contribution in [-0.4, -0.2) is 42.1 Å². The molecule has 0 aromatic carbocycles. The number of anilines is 1. The van der Waals surface area contributed by atoms with Gasteiger partial charge in [-0.3, -0.25) is 4.90 Å². The van der Waals surface area contributed by atoms with Crippen molar-refractivity contribution < 1.29 is 13.2 Å². The van der Waals surface area contributed by atoms with Gasteiger partial charge in [-0.05, 0) is 13.8 Å². The summed E-state index contributed by atoms with van der Waals surface area (Å²) in [6.07, 6.45) is 0. The molecule has 0 amide bonds. The third kappa shape index (κ3) is 2.58. The van der Waals surface area contributed by atoms with E-state index >= 15 is 0 Å². The smallest absolute Gasteiger partial charge is 0.251 e. The number of piperazine rings is 1. The van der Waals surface area contributed by atoms with Gasteiger partial charge in [-0.1, -0.05) is 0 Å². The van der Waals surface area contributed by atoms with E-state index in [0.29, 0.717) is 25.2 Å². The monoisotopic (exact) mass is 259 g/mol. The zero-order valence-corrected chi connectivity index (χ0v) is 10.5. The molecule has 0 unspecified atom stereocenters. The highest BCUT2D eigenvalue weighted by Crippen LogP contribution is 2.20. The topological polar surface area (TPSA) is 19.4 Å². The minimum Gasteiger partial charge on any atom is -0.352 e. The van der Waals surface area contributed by atoms with Crippen LogP contribution in [0.5, 0.6) is 0 Å². The van der Waals surface area contributed by atoms with Crippen LogP contribution in [0.25, 0.3) is 0 Å². The zero-order valence-electron chi connectivity index (χ0n) is 10.5. The molecule has 1 aliphatic heterocycles. The van der Waals surface area contributed by atoms with Crippen LogP contribution in [0.2, 0.25) is 0 Å². The summed E-state index contributed by atoms with van der Waals surface area (Å²) in [6.45, 7) is 6.83. The van der Waals surface area contributed by atoms with Crippen molar-refractivity contribution in [1.29, 1.82) is 0 Å². The van der Waals surface area contributed by atoms with Gasteiger partial charge in [-0.15, -0.1) is 0 Å². The van der Waals surface area contributed by atoms with E-state index in [-0.39, 0.29) is 5.82 Å². The van der Waals surface area contributed by atoms with E-state index in [1.165, 1.54) is 0 Å². The maximum absolute atomic E-state index is 13.5. The van der Waals surface area contributed by atoms with E-state index < -0.39 is 17.6 Å².